The van der Waals surface area contributed by atoms with Gasteiger partial charge in [-0.25, -0.2) is 9.97 Å². The van der Waals surface area contributed by atoms with Crippen molar-refractivity contribution in [3.05, 3.63) is 24.3 Å². The van der Waals surface area contributed by atoms with E-state index in [0.717, 1.165) is 25.2 Å². The molecule has 0 spiro atoms. The predicted molar refractivity (Wildman–Crippen MR) is 67.3 cm³/mol. The molecule has 0 fully saturated rings. The quantitative estimate of drug-likeness (QED) is 0.830. The molecule has 3 nitrogen and oxygen atoms in total. The molecule has 16 heavy (non-hydrogen) atoms. The maximum atomic E-state index is 4.29. The van der Waals surface area contributed by atoms with Gasteiger partial charge in [0.25, 0.3) is 0 Å². The molecule has 1 aromatic rings. The van der Waals surface area contributed by atoms with Crippen molar-refractivity contribution in [3.8, 4) is 0 Å². The predicted octanol–water partition coefficient (Wildman–Crippen LogP) is 2.43. The molecule has 0 bridgehead atoms. The lowest BCUT2D eigenvalue weighted by Gasteiger charge is -2.31. The van der Waals surface area contributed by atoms with Crippen LogP contribution in [0.25, 0.3) is 0 Å². The van der Waals surface area contributed by atoms with Crippen LogP contribution in [0.5, 0.6) is 0 Å². The summed E-state index contributed by atoms with van der Waals surface area (Å²) in [6.07, 6.45) is 5.66. The average Bonchev–Trinajstić information content (AvgIpc) is 2.24. The van der Waals surface area contributed by atoms with E-state index in [1.165, 1.54) is 0 Å². The first-order valence-electron chi connectivity index (χ1n) is 6.03. The van der Waals surface area contributed by atoms with Gasteiger partial charge in [-0.05, 0) is 24.4 Å². The maximum absolute atomic E-state index is 4.29. The maximum Gasteiger partial charge on any atom is 0.129 e. The normalized spacial score (nSPS) is 13.8. The van der Waals surface area contributed by atoms with Crippen molar-refractivity contribution >= 4 is 0 Å². The van der Waals surface area contributed by atoms with Gasteiger partial charge < -0.3 is 5.32 Å². The fourth-order valence-electron chi connectivity index (χ4n) is 1.62. The minimum atomic E-state index is 0.231. The van der Waals surface area contributed by atoms with Crippen LogP contribution in [0.1, 0.15) is 39.9 Å². The number of nitrogens with zero attached hydrogens (tertiary/aromatic N) is 2. The van der Waals surface area contributed by atoms with Gasteiger partial charge in [-0.2, -0.15) is 0 Å². The third-order valence-corrected chi connectivity index (χ3v) is 2.69. The lowest BCUT2D eigenvalue weighted by atomic mass is 9.84. The van der Waals surface area contributed by atoms with Crippen LogP contribution in [0.3, 0.4) is 0 Å². The first-order chi connectivity index (χ1) is 7.54. The van der Waals surface area contributed by atoms with E-state index in [1.807, 2.05) is 18.5 Å². The van der Waals surface area contributed by atoms with Gasteiger partial charge in [0.1, 0.15) is 5.82 Å². The Bertz CT molecular complexity index is 290. The number of aromatic nitrogens is 2. The lowest BCUT2D eigenvalue weighted by Crippen LogP contribution is -2.42. The molecule has 0 radical (unpaired) electrons. The molecule has 1 N–H and O–H groups in total. The highest BCUT2D eigenvalue weighted by molar-refractivity contribution is 4.95. The highest BCUT2D eigenvalue weighted by Gasteiger charge is 2.24. The summed E-state index contributed by atoms with van der Waals surface area (Å²) >= 11 is 0. The lowest BCUT2D eigenvalue weighted by molar-refractivity contribution is 0.263. The van der Waals surface area contributed by atoms with Crippen molar-refractivity contribution in [2.75, 3.05) is 6.54 Å². The Balaban J connectivity index is 2.64. The second-order valence-electron chi connectivity index (χ2n) is 5.24. The van der Waals surface area contributed by atoms with Crippen LogP contribution in [0.15, 0.2) is 18.5 Å². The summed E-state index contributed by atoms with van der Waals surface area (Å²) in [4.78, 5) is 8.58. The van der Waals surface area contributed by atoms with Crippen LogP contribution in [0.2, 0.25) is 0 Å². The number of hydrogen-bond donors (Lipinski definition) is 1. The van der Waals surface area contributed by atoms with Crippen molar-refractivity contribution in [1.29, 1.82) is 0 Å². The molecule has 1 rings (SSSR count). The van der Waals surface area contributed by atoms with Crippen molar-refractivity contribution in [2.45, 2.75) is 46.6 Å². The van der Waals surface area contributed by atoms with E-state index < -0.39 is 0 Å². The first kappa shape index (κ1) is 13.1. The first-order valence-corrected chi connectivity index (χ1v) is 6.03. The Morgan fingerprint density at radius 1 is 1.25 bits per heavy atom. The highest BCUT2D eigenvalue weighted by atomic mass is 14.9. The zero-order chi connectivity index (χ0) is 12.0. The molecular formula is C13H23N3. The third-order valence-electron chi connectivity index (χ3n) is 2.69. The minimum absolute atomic E-state index is 0.231. The molecule has 0 aromatic carbocycles. The van der Waals surface area contributed by atoms with Crippen LogP contribution in [-0.2, 0) is 6.42 Å². The zero-order valence-electron chi connectivity index (χ0n) is 10.8. The van der Waals surface area contributed by atoms with Crippen molar-refractivity contribution in [2.24, 2.45) is 5.41 Å². The fraction of sp³-hybridized carbons (Fsp3) is 0.692. The van der Waals surface area contributed by atoms with Crippen LogP contribution in [-0.4, -0.2) is 22.6 Å². The average molecular weight is 221 g/mol. The van der Waals surface area contributed by atoms with Crippen molar-refractivity contribution in [3.63, 3.8) is 0 Å². The summed E-state index contributed by atoms with van der Waals surface area (Å²) in [6, 6.07) is 2.28. The minimum Gasteiger partial charge on any atom is -0.313 e. The topological polar surface area (TPSA) is 37.8 Å². The standard InChI is InChI=1S/C13H23N3/c1-5-7-14-11(13(2,3)4)10-12-15-8-6-9-16-12/h6,8-9,11,14H,5,7,10H2,1-4H3. The van der Waals surface area contributed by atoms with Crippen LogP contribution in [0.4, 0.5) is 0 Å². The molecule has 0 amide bonds. The summed E-state index contributed by atoms with van der Waals surface area (Å²) in [6.45, 7) is 10.00. The molecule has 0 saturated carbocycles. The van der Waals surface area contributed by atoms with Crippen LogP contribution >= 0.6 is 0 Å². The Kier molecular flexibility index (Phi) is 4.87. The Hall–Kier alpha value is -0.960. The molecule has 1 atom stereocenters. The van der Waals surface area contributed by atoms with Gasteiger partial charge in [0, 0.05) is 24.9 Å². The molecule has 0 saturated heterocycles. The molecule has 90 valence electrons. The third kappa shape index (κ3) is 4.27. The Labute approximate surface area is 98.7 Å². The van der Waals surface area contributed by atoms with E-state index in [1.54, 1.807) is 0 Å². The molecule has 1 aromatic heterocycles. The second-order valence-corrected chi connectivity index (χ2v) is 5.24. The van der Waals surface area contributed by atoms with E-state index in [0.29, 0.717) is 6.04 Å². The molecule has 1 heterocycles. The van der Waals surface area contributed by atoms with E-state index in [9.17, 15) is 0 Å². The molecule has 0 aliphatic heterocycles. The molecule has 3 heteroatoms. The molecule has 1 unspecified atom stereocenters. The molecular weight excluding hydrogens is 198 g/mol. The number of nitrogens with one attached hydrogen (secondary N) is 1. The van der Waals surface area contributed by atoms with Gasteiger partial charge in [-0.15, -0.1) is 0 Å². The van der Waals surface area contributed by atoms with Gasteiger partial charge in [-0.3, -0.25) is 0 Å². The van der Waals surface area contributed by atoms with Gasteiger partial charge in [-0.1, -0.05) is 27.7 Å². The van der Waals surface area contributed by atoms with Gasteiger partial charge in [0.05, 0.1) is 0 Å². The van der Waals surface area contributed by atoms with Crippen LogP contribution < -0.4 is 5.32 Å². The van der Waals surface area contributed by atoms with Gasteiger partial charge in [0.15, 0.2) is 0 Å². The Morgan fingerprint density at radius 3 is 2.38 bits per heavy atom. The van der Waals surface area contributed by atoms with Crippen molar-refractivity contribution < 1.29 is 0 Å². The summed E-state index contributed by atoms with van der Waals surface area (Å²) in [5, 5.41) is 3.58. The summed E-state index contributed by atoms with van der Waals surface area (Å²) < 4.78 is 0. The van der Waals surface area contributed by atoms with Crippen molar-refractivity contribution in [1.82, 2.24) is 15.3 Å². The van der Waals surface area contributed by atoms with Crippen LogP contribution in [0, 0.1) is 5.41 Å². The summed E-state index contributed by atoms with van der Waals surface area (Å²) in [5.41, 5.74) is 0.231. The zero-order valence-corrected chi connectivity index (χ0v) is 10.8. The molecule has 0 aliphatic rings. The monoisotopic (exact) mass is 221 g/mol. The SMILES string of the molecule is CCCNC(Cc1ncccn1)C(C)(C)C. The van der Waals surface area contributed by atoms with E-state index >= 15 is 0 Å². The van der Waals surface area contributed by atoms with Gasteiger partial charge in [0.2, 0.25) is 0 Å². The largest absolute Gasteiger partial charge is 0.313 e. The number of rotatable bonds is 5. The number of hydrogen-bond acceptors (Lipinski definition) is 3. The summed E-state index contributed by atoms with van der Waals surface area (Å²) in [5.74, 6) is 0.922. The smallest absolute Gasteiger partial charge is 0.129 e. The van der Waals surface area contributed by atoms with Gasteiger partial charge >= 0.3 is 0 Å². The van der Waals surface area contributed by atoms with E-state index in [-0.39, 0.29) is 5.41 Å². The van der Waals surface area contributed by atoms with E-state index in [2.05, 4.69) is 43.0 Å². The Morgan fingerprint density at radius 2 is 1.88 bits per heavy atom. The second kappa shape index (κ2) is 5.94. The fourth-order valence-corrected chi connectivity index (χ4v) is 1.62. The van der Waals surface area contributed by atoms with E-state index in [4.69, 9.17) is 0 Å². The highest BCUT2D eigenvalue weighted by Crippen LogP contribution is 2.21. The summed E-state index contributed by atoms with van der Waals surface area (Å²) in [7, 11) is 0. The molecule has 0 aliphatic carbocycles.